The zero-order valence-electron chi connectivity index (χ0n) is 20.2. The standard InChI is InChI=1S/C29H22N8S/c1-2-5-18(6-3-1)12-30-13-19-11-20(15-31-14-19)22-8-9-23-27(33-22)28(37-36-23)29-34-24-17-32-16-21(26(24)35-29)25-7-4-10-38-25/h1-11,14-17,30H,12-13H2,(H,34,35)(H,36,37). The van der Waals surface area contributed by atoms with Gasteiger partial charge < -0.3 is 10.3 Å². The zero-order chi connectivity index (χ0) is 25.3. The monoisotopic (exact) mass is 514 g/mol. The van der Waals surface area contributed by atoms with Crippen LogP contribution >= 0.6 is 11.3 Å². The number of rotatable bonds is 7. The Morgan fingerprint density at radius 2 is 1.66 bits per heavy atom. The van der Waals surface area contributed by atoms with E-state index in [1.165, 1.54) is 5.56 Å². The molecule has 9 heteroatoms. The Morgan fingerprint density at radius 1 is 0.763 bits per heavy atom. The number of benzene rings is 1. The van der Waals surface area contributed by atoms with Crippen molar-refractivity contribution in [3.05, 3.63) is 102 Å². The molecule has 3 N–H and O–H groups in total. The van der Waals surface area contributed by atoms with Crippen LogP contribution in [0.1, 0.15) is 11.1 Å². The second-order valence-electron chi connectivity index (χ2n) is 8.98. The highest BCUT2D eigenvalue weighted by Crippen LogP contribution is 2.33. The Hall–Kier alpha value is -4.73. The molecule has 184 valence electrons. The molecule has 0 saturated heterocycles. The third kappa shape index (κ3) is 4.23. The summed E-state index contributed by atoms with van der Waals surface area (Å²) in [5.74, 6) is 0.652. The van der Waals surface area contributed by atoms with E-state index in [4.69, 9.17) is 9.97 Å². The van der Waals surface area contributed by atoms with Crippen LogP contribution in [0.3, 0.4) is 0 Å². The molecule has 0 amide bonds. The first-order chi connectivity index (χ1) is 18.8. The third-order valence-corrected chi connectivity index (χ3v) is 7.31. The number of thiophene rings is 1. The van der Waals surface area contributed by atoms with Crippen molar-refractivity contribution < 1.29 is 0 Å². The SMILES string of the molecule is c1ccc(CNCc2cncc(-c3ccc4[nH]nc(-c5nc6c(-c7cccs7)cncc6[nH]5)c4n3)c2)cc1. The molecule has 0 bridgehead atoms. The highest BCUT2D eigenvalue weighted by atomic mass is 32.1. The van der Waals surface area contributed by atoms with E-state index in [0.29, 0.717) is 18.1 Å². The summed E-state index contributed by atoms with van der Waals surface area (Å²) in [5, 5.41) is 13.2. The van der Waals surface area contributed by atoms with Gasteiger partial charge in [0.05, 0.1) is 22.9 Å². The molecule has 0 spiro atoms. The summed E-state index contributed by atoms with van der Waals surface area (Å²) in [6.07, 6.45) is 7.37. The number of H-pyrrole nitrogens is 2. The number of fused-ring (bicyclic) bond motifs is 2. The molecule has 0 atom stereocenters. The van der Waals surface area contributed by atoms with Gasteiger partial charge in [-0.15, -0.1) is 11.3 Å². The molecule has 0 saturated carbocycles. The number of hydrogen-bond acceptors (Lipinski definition) is 7. The molecule has 6 aromatic heterocycles. The van der Waals surface area contributed by atoms with E-state index in [0.717, 1.165) is 55.9 Å². The highest BCUT2D eigenvalue weighted by Gasteiger charge is 2.17. The number of aromatic amines is 2. The Balaban J connectivity index is 1.20. The van der Waals surface area contributed by atoms with Gasteiger partial charge in [-0.2, -0.15) is 5.10 Å². The van der Waals surface area contributed by atoms with Crippen LogP contribution < -0.4 is 5.32 Å². The first-order valence-corrected chi connectivity index (χ1v) is 13.1. The average Bonchev–Trinajstić information content (AvgIpc) is 3.73. The Kier molecular flexibility index (Phi) is 5.69. The van der Waals surface area contributed by atoms with Crippen molar-refractivity contribution in [2.24, 2.45) is 0 Å². The Morgan fingerprint density at radius 3 is 2.55 bits per heavy atom. The maximum absolute atomic E-state index is 4.97. The number of nitrogens with zero attached hydrogens (tertiary/aromatic N) is 5. The van der Waals surface area contributed by atoms with Gasteiger partial charge in [0, 0.05) is 47.7 Å². The van der Waals surface area contributed by atoms with Crippen molar-refractivity contribution >= 4 is 33.4 Å². The molecule has 0 fully saturated rings. The second kappa shape index (κ2) is 9.62. The summed E-state index contributed by atoms with van der Waals surface area (Å²) in [6.45, 7) is 1.52. The van der Waals surface area contributed by atoms with E-state index in [1.54, 1.807) is 17.5 Å². The average molecular weight is 515 g/mol. The van der Waals surface area contributed by atoms with Crippen LogP contribution in [0, 0.1) is 0 Å². The molecule has 38 heavy (non-hydrogen) atoms. The molecule has 7 rings (SSSR count). The molecule has 0 aliphatic heterocycles. The van der Waals surface area contributed by atoms with Gasteiger partial charge in [-0.05, 0) is 40.8 Å². The highest BCUT2D eigenvalue weighted by molar-refractivity contribution is 7.13. The molecular weight excluding hydrogens is 492 g/mol. The van der Waals surface area contributed by atoms with Gasteiger partial charge in [0.2, 0.25) is 0 Å². The van der Waals surface area contributed by atoms with Gasteiger partial charge in [-0.25, -0.2) is 9.97 Å². The van der Waals surface area contributed by atoms with Gasteiger partial charge in [-0.1, -0.05) is 36.4 Å². The smallest absolute Gasteiger partial charge is 0.161 e. The summed E-state index contributed by atoms with van der Waals surface area (Å²) in [7, 11) is 0. The fourth-order valence-electron chi connectivity index (χ4n) is 4.55. The lowest BCUT2D eigenvalue weighted by molar-refractivity contribution is 0.691. The minimum Gasteiger partial charge on any atom is -0.335 e. The van der Waals surface area contributed by atoms with Crippen molar-refractivity contribution in [2.75, 3.05) is 0 Å². The van der Waals surface area contributed by atoms with Crippen LogP contribution in [0.2, 0.25) is 0 Å². The number of imidazole rings is 1. The summed E-state index contributed by atoms with van der Waals surface area (Å²) in [5.41, 5.74) is 9.11. The predicted molar refractivity (Wildman–Crippen MR) is 150 cm³/mol. The van der Waals surface area contributed by atoms with Crippen LogP contribution in [0.15, 0.2) is 90.8 Å². The number of hydrogen-bond donors (Lipinski definition) is 3. The largest absolute Gasteiger partial charge is 0.335 e. The minimum absolute atomic E-state index is 0.652. The maximum Gasteiger partial charge on any atom is 0.161 e. The van der Waals surface area contributed by atoms with Crippen molar-refractivity contribution in [2.45, 2.75) is 13.1 Å². The first-order valence-electron chi connectivity index (χ1n) is 12.2. The lowest BCUT2D eigenvalue weighted by atomic mass is 10.1. The fraction of sp³-hybridized carbons (Fsp3) is 0.0690. The molecule has 7 aromatic rings. The number of pyridine rings is 3. The maximum atomic E-state index is 4.97. The van der Waals surface area contributed by atoms with Crippen LogP contribution in [-0.4, -0.2) is 35.1 Å². The van der Waals surface area contributed by atoms with Crippen LogP contribution in [0.4, 0.5) is 0 Å². The molecule has 6 heterocycles. The van der Waals surface area contributed by atoms with Crippen LogP contribution in [-0.2, 0) is 13.1 Å². The predicted octanol–water partition coefficient (Wildman–Crippen LogP) is 5.98. The van der Waals surface area contributed by atoms with Gasteiger partial charge >= 0.3 is 0 Å². The molecule has 8 nitrogen and oxygen atoms in total. The number of nitrogens with one attached hydrogen (secondary N) is 3. The van der Waals surface area contributed by atoms with E-state index in [9.17, 15) is 0 Å². The minimum atomic E-state index is 0.652. The summed E-state index contributed by atoms with van der Waals surface area (Å²) in [4.78, 5) is 23.3. The molecule has 0 radical (unpaired) electrons. The van der Waals surface area contributed by atoms with E-state index in [2.05, 4.69) is 72.2 Å². The Bertz CT molecular complexity index is 1850. The topological polar surface area (TPSA) is 108 Å². The van der Waals surface area contributed by atoms with E-state index >= 15 is 0 Å². The third-order valence-electron chi connectivity index (χ3n) is 6.40. The second-order valence-corrected chi connectivity index (χ2v) is 9.93. The normalized spacial score (nSPS) is 11.5. The first kappa shape index (κ1) is 22.5. The quantitative estimate of drug-likeness (QED) is 0.242. The van der Waals surface area contributed by atoms with E-state index in [-0.39, 0.29) is 0 Å². The lowest BCUT2D eigenvalue weighted by Crippen LogP contribution is -2.12. The van der Waals surface area contributed by atoms with E-state index in [1.807, 2.05) is 42.9 Å². The molecule has 0 aliphatic carbocycles. The van der Waals surface area contributed by atoms with Gasteiger partial charge in [0.1, 0.15) is 11.0 Å². The number of aromatic nitrogens is 7. The van der Waals surface area contributed by atoms with Crippen LogP contribution in [0.25, 0.3) is 55.3 Å². The molecule has 1 aromatic carbocycles. The molecule has 0 unspecified atom stereocenters. The van der Waals surface area contributed by atoms with Crippen LogP contribution in [0.5, 0.6) is 0 Å². The van der Waals surface area contributed by atoms with Gasteiger partial charge in [-0.3, -0.25) is 15.1 Å². The van der Waals surface area contributed by atoms with Crippen molar-refractivity contribution in [3.63, 3.8) is 0 Å². The zero-order valence-corrected chi connectivity index (χ0v) is 21.0. The molecule has 0 aliphatic rings. The summed E-state index contributed by atoms with van der Waals surface area (Å²) in [6, 6.07) is 20.6. The van der Waals surface area contributed by atoms with E-state index < -0.39 is 0 Å². The van der Waals surface area contributed by atoms with Crippen molar-refractivity contribution in [1.29, 1.82) is 0 Å². The fourth-order valence-corrected chi connectivity index (χ4v) is 5.29. The lowest BCUT2D eigenvalue weighted by Gasteiger charge is -2.07. The van der Waals surface area contributed by atoms with Crippen molar-refractivity contribution in [3.8, 4) is 33.2 Å². The van der Waals surface area contributed by atoms with Gasteiger partial charge in [0.15, 0.2) is 11.5 Å². The van der Waals surface area contributed by atoms with Gasteiger partial charge in [0.25, 0.3) is 0 Å². The van der Waals surface area contributed by atoms with Crippen molar-refractivity contribution in [1.82, 2.24) is 40.4 Å². The Labute approximate surface area is 221 Å². The summed E-state index contributed by atoms with van der Waals surface area (Å²) < 4.78 is 0. The molecular formula is C29H22N8S. The summed E-state index contributed by atoms with van der Waals surface area (Å²) >= 11 is 1.67.